The Morgan fingerprint density at radius 3 is 2.72 bits per heavy atom. The van der Waals surface area contributed by atoms with E-state index >= 15 is 0 Å². The molecule has 1 N–H and O–H groups in total. The van der Waals surface area contributed by atoms with Crippen LogP contribution in [0.25, 0.3) is 0 Å². The van der Waals surface area contributed by atoms with Crippen LogP contribution in [0.4, 0.5) is 4.39 Å². The summed E-state index contributed by atoms with van der Waals surface area (Å²) in [6.07, 6.45) is 3.75. The summed E-state index contributed by atoms with van der Waals surface area (Å²) in [5.41, 5.74) is 0.900. The summed E-state index contributed by atoms with van der Waals surface area (Å²) in [6, 6.07) is 5.35. The molecule has 3 heteroatoms. The van der Waals surface area contributed by atoms with Gasteiger partial charge in [0.2, 0.25) is 0 Å². The van der Waals surface area contributed by atoms with Gasteiger partial charge in [0.05, 0.1) is 7.11 Å². The minimum absolute atomic E-state index is 0.112. The molecule has 1 aromatic carbocycles. The van der Waals surface area contributed by atoms with Crippen LogP contribution in [0.2, 0.25) is 0 Å². The van der Waals surface area contributed by atoms with Crippen LogP contribution in [-0.4, -0.2) is 13.2 Å². The van der Waals surface area contributed by atoms with Gasteiger partial charge in [0.1, 0.15) is 11.6 Å². The first kappa shape index (κ1) is 13.3. The first-order chi connectivity index (χ1) is 8.65. The highest BCUT2D eigenvalue weighted by molar-refractivity contribution is 5.36. The predicted octanol–water partition coefficient (Wildman–Crippen LogP) is 3.67. The molecule has 100 valence electrons. The number of halogens is 1. The van der Waals surface area contributed by atoms with Crippen molar-refractivity contribution < 1.29 is 9.13 Å². The van der Waals surface area contributed by atoms with Gasteiger partial charge in [0, 0.05) is 17.6 Å². The van der Waals surface area contributed by atoms with Crippen LogP contribution in [0.5, 0.6) is 5.75 Å². The lowest BCUT2D eigenvalue weighted by atomic mass is 10.0. The summed E-state index contributed by atoms with van der Waals surface area (Å²) in [4.78, 5) is 0. The van der Waals surface area contributed by atoms with Crippen molar-refractivity contribution >= 4 is 0 Å². The third kappa shape index (κ3) is 3.02. The molecular formula is C15H22FNO. The maximum Gasteiger partial charge on any atom is 0.123 e. The Kier molecular flexibility index (Phi) is 4.23. The number of hydrogen-bond donors (Lipinski definition) is 1. The molecule has 0 saturated heterocycles. The van der Waals surface area contributed by atoms with Crippen molar-refractivity contribution in [3.05, 3.63) is 29.6 Å². The monoisotopic (exact) mass is 251 g/mol. The Labute approximate surface area is 109 Å². The fourth-order valence-electron chi connectivity index (χ4n) is 2.54. The lowest BCUT2D eigenvalue weighted by Crippen LogP contribution is -2.33. The normalized spacial score (nSPS) is 18.4. The minimum atomic E-state index is -0.209. The molecule has 0 radical (unpaired) electrons. The van der Waals surface area contributed by atoms with Crippen molar-refractivity contribution in [3.63, 3.8) is 0 Å². The van der Waals surface area contributed by atoms with E-state index < -0.39 is 0 Å². The van der Waals surface area contributed by atoms with Gasteiger partial charge in [0.15, 0.2) is 0 Å². The van der Waals surface area contributed by atoms with Gasteiger partial charge in [-0.25, -0.2) is 4.39 Å². The van der Waals surface area contributed by atoms with Crippen LogP contribution in [0.3, 0.4) is 0 Å². The Morgan fingerprint density at radius 2 is 2.17 bits per heavy atom. The van der Waals surface area contributed by atoms with E-state index in [0.717, 1.165) is 23.7 Å². The molecule has 1 aliphatic carbocycles. The predicted molar refractivity (Wildman–Crippen MR) is 71.3 cm³/mol. The molecule has 0 heterocycles. The Bertz CT molecular complexity index is 403. The van der Waals surface area contributed by atoms with E-state index in [4.69, 9.17) is 4.74 Å². The number of benzene rings is 1. The van der Waals surface area contributed by atoms with E-state index in [0.29, 0.717) is 6.04 Å². The summed E-state index contributed by atoms with van der Waals surface area (Å²) in [7, 11) is 1.63. The molecule has 2 nitrogen and oxygen atoms in total. The zero-order valence-electron chi connectivity index (χ0n) is 11.4. The van der Waals surface area contributed by atoms with Gasteiger partial charge in [-0.1, -0.05) is 6.92 Å². The van der Waals surface area contributed by atoms with Crippen LogP contribution in [0.1, 0.15) is 44.7 Å². The SMILES string of the molecule is CCC(NC(C)c1cc(F)ccc1OC)C1CC1. The molecule has 1 saturated carbocycles. The van der Waals surface area contributed by atoms with Gasteiger partial charge in [-0.15, -0.1) is 0 Å². The fourth-order valence-corrected chi connectivity index (χ4v) is 2.54. The lowest BCUT2D eigenvalue weighted by molar-refractivity contribution is 0.375. The second-order valence-electron chi connectivity index (χ2n) is 5.13. The molecule has 2 unspecified atom stereocenters. The van der Waals surface area contributed by atoms with Crippen LogP contribution in [0, 0.1) is 11.7 Å². The maximum atomic E-state index is 13.4. The summed E-state index contributed by atoms with van der Waals surface area (Å²) >= 11 is 0. The Morgan fingerprint density at radius 1 is 1.44 bits per heavy atom. The average Bonchev–Trinajstić information content (AvgIpc) is 3.19. The molecule has 0 amide bonds. The van der Waals surface area contributed by atoms with Crippen LogP contribution in [-0.2, 0) is 0 Å². The highest BCUT2D eigenvalue weighted by Gasteiger charge is 2.31. The lowest BCUT2D eigenvalue weighted by Gasteiger charge is -2.23. The summed E-state index contributed by atoms with van der Waals surface area (Å²) < 4.78 is 18.7. The molecule has 18 heavy (non-hydrogen) atoms. The quantitative estimate of drug-likeness (QED) is 0.833. The van der Waals surface area contributed by atoms with Gasteiger partial charge in [-0.05, 0) is 50.3 Å². The molecule has 2 rings (SSSR count). The Balaban J connectivity index is 2.11. The number of rotatable bonds is 6. The topological polar surface area (TPSA) is 21.3 Å². The summed E-state index contributed by atoms with van der Waals surface area (Å²) in [5.74, 6) is 1.35. The smallest absolute Gasteiger partial charge is 0.123 e. The number of hydrogen-bond acceptors (Lipinski definition) is 2. The van der Waals surface area contributed by atoms with Crippen molar-refractivity contribution in [3.8, 4) is 5.75 Å². The van der Waals surface area contributed by atoms with E-state index in [1.807, 2.05) is 0 Å². The molecule has 1 aliphatic rings. The average molecular weight is 251 g/mol. The molecule has 2 atom stereocenters. The van der Waals surface area contributed by atoms with E-state index in [-0.39, 0.29) is 11.9 Å². The van der Waals surface area contributed by atoms with Crippen molar-refractivity contribution in [2.45, 2.75) is 45.2 Å². The zero-order chi connectivity index (χ0) is 13.1. The summed E-state index contributed by atoms with van der Waals surface area (Å²) in [5, 5.41) is 3.60. The third-order valence-corrected chi connectivity index (χ3v) is 3.75. The molecule has 1 fully saturated rings. The van der Waals surface area contributed by atoms with E-state index in [1.165, 1.54) is 18.9 Å². The van der Waals surface area contributed by atoms with Gasteiger partial charge in [-0.3, -0.25) is 0 Å². The van der Waals surface area contributed by atoms with Gasteiger partial charge in [-0.2, -0.15) is 0 Å². The molecule has 1 aromatic rings. The second-order valence-corrected chi connectivity index (χ2v) is 5.13. The van der Waals surface area contributed by atoms with E-state index in [9.17, 15) is 4.39 Å². The van der Waals surface area contributed by atoms with Crippen LogP contribution < -0.4 is 10.1 Å². The Hall–Kier alpha value is -1.09. The molecule has 0 aliphatic heterocycles. The number of methoxy groups -OCH3 is 1. The third-order valence-electron chi connectivity index (χ3n) is 3.75. The summed E-state index contributed by atoms with van der Waals surface area (Å²) in [6.45, 7) is 4.27. The van der Waals surface area contributed by atoms with Crippen molar-refractivity contribution in [2.75, 3.05) is 7.11 Å². The van der Waals surface area contributed by atoms with E-state index in [1.54, 1.807) is 19.2 Å². The minimum Gasteiger partial charge on any atom is -0.496 e. The first-order valence-corrected chi connectivity index (χ1v) is 6.75. The zero-order valence-corrected chi connectivity index (χ0v) is 11.4. The standard InChI is InChI=1S/C15H22FNO/c1-4-14(11-5-6-11)17-10(2)13-9-12(16)7-8-15(13)18-3/h7-11,14,17H,4-6H2,1-3H3. The second kappa shape index (κ2) is 5.70. The molecular weight excluding hydrogens is 229 g/mol. The molecule has 0 aromatic heterocycles. The van der Waals surface area contributed by atoms with Crippen molar-refractivity contribution in [2.24, 2.45) is 5.92 Å². The molecule has 0 bridgehead atoms. The largest absolute Gasteiger partial charge is 0.496 e. The van der Waals surface area contributed by atoms with Crippen LogP contribution >= 0.6 is 0 Å². The fraction of sp³-hybridized carbons (Fsp3) is 0.600. The maximum absolute atomic E-state index is 13.4. The first-order valence-electron chi connectivity index (χ1n) is 6.75. The van der Waals surface area contributed by atoms with Gasteiger partial charge >= 0.3 is 0 Å². The highest BCUT2D eigenvalue weighted by Crippen LogP contribution is 2.36. The van der Waals surface area contributed by atoms with Crippen LogP contribution in [0.15, 0.2) is 18.2 Å². The van der Waals surface area contributed by atoms with Crippen molar-refractivity contribution in [1.82, 2.24) is 5.32 Å². The highest BCUT2D eigenvalue weighted by atomic mass is 19.1. The number of ether oxygens (including phenoxy) is 1. The van der Waals surface area contributed by atoms with E-state index in [2.05, 4.69) is 19.2 Å². The van der Waals surface area contributed by atoms with Gasteiger partial charge < -0.3 is 10.1 Å². The van der Waals surface area contributed by atoms with Crippen molar-refractivity contribution in [1.29, 1.82) is 0 Å². The number of nitrogens with one attached hydrogen (secondary N) is 1. The van der Waals surface area contributed by atoms with Gasteiger partial charge in [0.25, 0.3) is 0 Å². The molecule has 0 spiro atoms.